The van der Waals surface area contributed by atoms with E-state index in [1.165, 1.54) is 12.8 Å². The molecule has 1 aliphatic rings. The Hall–Kier alpha value is -0.440. The van der Waals surface area contributed by atoms with E-state index >= 15 is 0 Å². The second kappa shape index (κ2) is 0.789. The van der Waals surface area contributed by atoms with Gasteiger partial charge in [-0.25, -0.2) is 0 Å². The first-order valence-electron chi connectivity index (χ1n) is 2.21. The maximum atomic E-state index is 6.67. The molecule has 1 rings (SSSR count). The third-order valence-corrected chi connectivity index (χ3v) is 1.30. The molecule has 1 fully saturated rings. The minimum atomic E-state index is 0.208. The lowest BCUT2D eigenvalue weighted by Crippen LogP contribution is -1.80. The molecule has 0 atom stereocenters. The number of hydrogen-bond donors (Lipinski definition) is 0. The Morgan fingerprint density at radius 1 is 1.67 bits per heavy atom. The molecule has 1 aliphatic carbocycles. The summed E-state index contributed by atoms with van der Waals surface area (Å²) >= 11 is 0. The predicted molar refractivity (Wildman–Crippen MR) is 24.5 cm³/mol. The van der Waals surface area contributed by atoms with E-state index in [0.29, 0.717) is 0 Å². The molecule has 0 amide bonds. The molecular weight excluding hydrogens is 72.1 g/mol. The van der Waals surface area contributed by atoms with Crippen LogP contribution in [0.1, 0.15) is 19.8 Å². The highest BCUT2D eigenvalue weighted by atomic mass is 14.4. The van der Waals surface area contributed by atoms with Gasteiger partial charge in [-0.15, -0.1) is 0 Å². The Balaban J connectivity index is 2.54. The smallest absolute Gasteiger partial charge is 0.0297 e. The zero-order chi connectivity index (χ0) is 4.62. The van der Waals surface area contributed by atoms with E-state index in [0.717, 1.165) is 0 Å². The Morgan fingerprint density at radius 2 is 2.17 bits per heavy atom. The van der Waals surface area contributed by atoms with E-state index in [-0.39, 0.29) is 5.41 Å². The first kappa shape index (κ1) is 3.74. The van der Waals surface area contributed by atoms with Gasteiger partial charge >= 0.3 is 0 Å². The highest BCUT2D eigenvalue weighted by molar-refractivity contribution is 5.08. The van der Waals surface area contributed by atoms with Gasteiger partial charge in [-0.3, -0.25) is 0 Å². The van der Waals surface area contributed by atoms with Crippen LogP contribution in [0.3, 0.4) is 0 Å². The summed E-state index contributed by atoms with van der Waals surface area (Å²) in [6, 6.07) is 0. The van der Waals surface area contributed by atoms with Crippen molar-refractivity contribution in [1.82, 2.24) is 0 Å². The van der Waals surface area contributed by atoms with Crippen molar-refractivity contribution in [3.8, 4) is 5.92 Å². The van der Waals surface area contributed by atoms with Crippen LogP contribution in [0, 0.1) is 17.8 Å². The van der Waals surface area contributed by atoms with E-state index in [1.807, 2.05) is 0 Å². The van der Waals surface area contributed by atoms with E-state index in [2.05, 4.69) is 12.8 Å². The average Bonchev–Trinajstić information content (AvgIpc) is 2.22. The summed E-state index contributed by atoms with van der Waals surface area (Å²) in [6.45, 7) is 2.06. The highest BCUT2D eigenvalue weighted by Gasteiger charge is 2.34. The molecular formula is C6H7. The summed E-state index contributed by atoms with van der Waals surface area (Å²) in [5, 5.41) is 0. The molecule has 0 nitrogen and oxygen atoms in total. The molecule has 1 saturated carbocycles. The van der Waals surface area contributed by atoms with Gasteiger partial charge in [0.25, 0.3) is 0 Å². The van der Waals surface area contributed by atoms with Crippen molar-refractivity contribution in [2.24, 2.45) is 5.41 Å². The largest absolute Gasteiger partial charge is 0.0826 e. The first-order valence-corrected chi connectivity index (χ1v) is 2.21. The lowest BCUT2D eigenvalue weighted by Gasteiger charge is -1.86. The van der Waals surface area contributed by atoms with Gasteiger partial charge in [0.2, 0.25) is 0 Å². The molecule has 0 heterocycles. The number of hydrogen-bond acceptors (Lipinski definition) is 0. The molecule has 0 heteroatoms. The van der Waals surface area contributed by atoms with E-state index in [4.69, 9.17) is 6.42 Å². The molecule has 1 radical (unpaired) electrons. The fourth-order valence-electron chi connectivity index (χ4n) is 0.312. The Bertz CT molecular complexity index is 91.1. The maximum absolute atomic E-state index is 6.67. The van der Waals surface area contributed by atoms with Crippen LogP contribution < -0.4 is 0 Å². The number of rotatable bonds is 0. The molecule has 0 N–H and O–H groups in total. The normalized spacial score (nSPS) is 25.3. The van der Waals surface area contributed by atoms with Gasteiger partial charge in [-0.05, 0) is 26.2 Å². The van der Waals surface area contributed by atoms with Crippen LogP contribution in [-0.4, -0.2) is 0 Å². The molecule has 0 saturated heterocycles. The lowest BCUT2D eigenvalue weighted by molar-refractivity contribution is 0.782. The zero-order valence-corrected chi connectivity index (χ0v) is 3.91. The Labute approximate surface area is 38.6 Å². The summed E-state index contributed by atoms with van der Waals surface area (Å²) in [5.74, 6) is 2.47. The topological polar surface area (TPSA) is 0 Å². The van der Waals surface area contributed by atoms with Crippen LogP contribution in [0.4, 0.5) is 0 Å². The van der Waals surface area contributed by atoms with E-state index < -0.39 is 0 Å². The summed E-state index contributed by atoms with van der Waals surface area (Å²) in [6.07, 6.45) is 9.02. The van der Waals surface area contributed by atoms with Crippen LogP contribution in [0.5, 0.6) is 0 Å². The SMILES string of the molecule is [C]#CC1(C)CC1. The van der Waals surface area contributed by atoms with Gasteiger partial charge in [0.1, 0.15) is 0 Å². The van der Waals surface area contributed by atoms with Crippen LogP contribution in [0.25, 0.3) is 0 Å². The molecule has 0 bridgehead atoms. The Kier molecular flexibility index (Phi) is 0.492. The van der Waals surface area contributed by atoms with Gasteiger partial charge < -0.3 is 0 Å². The summed E-state index contributed by atoms with van der Waals surface area (Å²) in [4.78, 5) is 0. The molecule has 0 aliphatic heterocycles. The first-order chi connectivity index (χ1) is 2.77. The quantitative estimate of drug-likeness (QED) is 0.385. The average molecular weight is 79.1 g/mol. The molecule has 6 heavy (non-hydrogen) atoms. The van der Waals surface area contributed by atoms with Crippen LogP contribution >= 0.6 is 0 Å². The molecule has 0 aromatic carbocycles. The van der Waals surface area contributed by atoms with Crippen molar-refractivity contribution in [1.29, 1.82) is 0 Å². The molecule has 0 spiro atoms. The monoisotopic (exact) mass is 79.1 g/mol. The second-order valence-electron chi connectivity index (χ2n) is 2.19. The van der Waals surface area contributed by atoms with Gasteiger partial charge in [0.15, 0.2) is 0 Å². The molecule has 0 unspecified atom stereocenters. The minimum Gasteiger partial charge on any atom is -0.0826 e. The van der Waals surface area contributed by atoms with Gasteiger partial charge in [0.05, 0.1) is 0 Å². The van der Waals surface area contributed by atoms with Gasteiger partial charge in [-0.1, -0.05) is 5.92 Å². The summed E-state index contributed by atoms with van der Waals surface area (Å²) in [7, 11) is 0. The van der Waals surface area contributed by atoms with Gasteiger partial charge in [-0.2, -0.15) is 0 Å². The standard InChI is InChI=1S/C6H7/c1-3-6(2)4-5-6/h4-5H2,2H3. The summed E-state index contributed by atoms with van der Waals surface area (Å²) < 4.78 is 0. The summed E-state index contributed by atoms with van der Waals surface area (Å²) in [5.41, 5.74) is 0.208. The van der Waals surface area contributed by atoms with Crippen molar-refractivity contribution in [2.45, 2.75) is 19.8 Å². The van der Waals surface area contributed by atoms with Crippen molar-refractivity contribution < 1.29 is 0 Å². The zero-order valence-electron chi connectivity index (χ0n) is 3.91. The van der Waals surface area contributed by atoms with Crippen molar-refractivity contribution >= 4 is 0 Å². The van der Waals surface area contributed by atoms with E-state index in [9.17, 15) is 0 Å². The Morgan fingerprint density at radius 3 is 2.17 bits per heavy atom. The highest BCUT2D eigenvalue weighted by Crippen LogP contribution is 2.43. The fraction of sp³-hybridized carbons (Fsp3) is 0.667. The molecule has 31 valence electrons. The third kappa shape index (κ3) is 0.408. The van der Waals surface area contributed by atoms with Crippen molar-refractivity contribution in [2.75, 3.05) is 0 Å². The van der Waals surface area contributed by atoms with Crippen LogP contribution in [-0.2, 0) is 0 Å². The predicted octanol–water partition coefficient (Wildman–Crippen LogP) is 1.38. The fourth-order valence-corrected chi connectivity index (χ4v) is 0.312. The third-order valence-electron chi connectivity index (χ3n) is 1.30. The van der Waals surface area contributed by atoms with E-state index in [1.54, 1.807) is 0 Å². The van der Waals surface area contributed by atoms with Crippen molar-refractivity contribution in [3.63, 3.8) is 0 Å². The maximum Gasteiger partial charge on any atom is 0.0297 e. The van der Waals surface area contributed by atoms with Crippen LogP contribution in [0.15, 0.2) is 0 Å². The van der Waals surface area contributed by atoms with Crippen LogP contribution in [0.2, 0.25) is 0 Å². The molecule has 0 aromatic heterocycles. The minimum absolute atomic E-state index is 0.208. The second-order valence-corrected chi connectivity index (χ2v) is 2.19. The molecule has 0 aromatic rings. The van der Waals surface area contributed by atoms with Gasteiger partial charge in [0, 0.05) is 5.41 Å². The lowest BCUT2D eigenvalue weighted by atomic mass is 10.2. The van der Waals surface area contributed by atoms with Crippen molar-refractivity contribution in [3.05, 3.63) is 6.42 Å².